The van der Waals surface area contributed by atoms with Crippen LogP contribution in [0.15, 0.2) is 30.3 Å². The minimum absolute atomic E-state index is 0.112. The molecule has 104 valence electrons. The van der Waals surface area contributed by atoms with Gasteiger partial charge in [-0.1, -0.05) is 0 Å². The Bertz CT molecular complexity index is 663. The van der Waals surface area contributed by atoms with Crippen LogP contribution in [0.25, 0.3) is 0 Å². The van der Waals surface area contributed by atoms with Gasteiger partial charge in [0.15, 0.2) is 29.1 Å². The highest BCUT2D eigenvalue weighted by Crippen LogP contribution is 2.17. The number of hydrogen-bond donors (Lipinski definition) is 1. The quantitative estimate of drug-likeness (QED) is 0.663. The van der Waals surface area contributed by atoms with Gasteiger partial charge in [-0.2, -0.15) is 0 Å². The van der Waals surface area contributed by atoms with E-state index in [1.54, 1.807) is 0 Å². The molecule has 1 amide bonds. The molecular formula is C13H6F5NO. The molecule has 0 aliphatic heterocycles. The van der Waals surface area contributed by atoms with Gasteiger partial charge in [-0.3, -0.25) is 4.79 Å². The predicted molar refractivity (Wildman–Crippen MR) is 60.6 cm³/mol. The van der Waals surface area contributed by atoms with Gasteiger partial charge in [0, 0.05) is 17.3 Å². The molecule has 7 heteroatoms. The minimum atomic E-state index is -1.70. The summed E-state index contributed by atoms with van der Waals surface area (Å²) in [4.78, 5) is 11.6. The van der Waals surface area contributed by atoms with Gasteiger partial charge >= 0.3 is 0 Å². The van der Waals surface area contributed by atoms with Crippen LogP contribution in [0, 0.1) is 29.1 Å². The largest absolute Gasteiger partial charge is 0.322 e. The lowest BCUT2D eigenvalue weighted by Gasteiger charge is -2.06. The van der Waals surface area contributed by atoms with Crippen LogP contribution < -0.4 is 5.32 Å². The molecule has 0 unspecified atom stereocenters. The Hall–Kier alpha value is -2.44. The van der Waals surface area contributed by atoms with E-state index in [0.717, 1.165) is 12.1 Å². The Kier molecular flexibility index (Phi) is 3.69. The molecular weight excluding hydrogens is 281 g/mol. The first kappa shape index (κ1) is 14.0. The highest BCUT2D eigenvalue weighted by atomic mass is 19.2. The van der Waals surface area contributed by atoms with Crippen LogP contribution >= 0.6 is 0 Å². The van der Waals surface area contributed by atoms with Crippen molar-refractivity contribution >= 4 is 11.6 Å². The third kappa shape index (κ3) is 2.76. The van der Waals surface area contributed by atoms with Crippen molar-refractivity contribution in [3.8, 4) is 0 Å². The molecule has 0 bridgehead atoms. The zero-order valence-electron chi connectivity index (χ0n) is 9.68. The predicted octanol–water partition coefficient (Wildman–Crippen LogP) is 3.63. The first-order chi connectivity index (χ1) is 9.38. The first-order valence-corrected chi connectivity index (χ1v) is 5.29. The molecule has 0 radical (unpaired) electrons. The molecule has 2 aromatic carbocycles. The molecule has 0 saturated heterocycles. The van der Waals surface area contributed by atoms with E-state index in [1.807, 2.05) is 0 Å². The maximum atomic E-state index is 13.0. The number of hydrogen-bond acceptors (Lipinski definition) is 1. The molecule has 0 spiro atoms. The van der Waals surface area contributed by atoms with Crippen LogP contribution in [0.2, 0.25) is 0 Å². The highest BCUT2D eigenvalue weighted by Gasteiger charge is 2.15. The van der Waals surface area contributed by atoms with Crippen molar-refractivity contribution in [1.29, 1.82) is 0 Å². The molecule has 2 aromatic rings. The van der Waals surface area contributed by atoms with Crippen molar-refractivity contribution in [2.75, 3.05) is 5.32 Å². The van der Waals surface area contributed by atoms with E-state index in [-0.39, 0.29) is 5.69 Å². The van der Waals surface area contributed by atoms with Gasteiger partial charge in [-0.25, -0.2) is 22.0 Å². The van der Waals surface area contributed by atoms with Crippen LogP contribution in [0.1, 0.15) is 10.4 Å². The van der Waals surface area contributed by atoms with Crippen molar-refractivity contribution in [2.24, 2.45) is 0 Å². The van der Waals surface area contributed by atoms with Crippen molar-refractivity contribution in [1.82, 2.24) is 0 Å². The fourth-order valence-corrected chi connectivity index (χ4v) is 1.46. The summed E-state index contributed by atoms with van der Waals surface area (Å²) in [5.41, 5.74) is -0.606. The SMILES string of the molecule is O=C(Nc1ccc(F)c(F)c1)c1cc(F)c(F)c(F)c1. The number of amides is 1. The van der Waals surface area contributed by atoms with Crippen LogP contribution in [0.3, 0.4) is 0 Å². The lowest BCUT2D eigenvalue weighted by Crippen LogP contribution is -2.13. The normalized spacial score (nSPS) is 10.4. The van der Waals surface area contributed by atoms with Crippen LogP contribution in [-0.2, 0) is 0 Å². The second-order valence-corrected chi connectivity index (χ2v) is 3.84. The summed E-state index contributed by atoms with van der Waals surface area (Å²) in [6.07, 6.45) is 0. The Morgan fingerprint density at radius 2 is 1.40 bits per heavy atom. The number of anilines is 1. The molecule has 1 N–H and O–H groups in total. The number of halogens is 5. The molecule has 0 aliphatic rings. The molecule has 0 heterocycles. The molecule has 0 atom stereocenters. The Morgan fingerprint density at radius 1 is 0.800 bits per heavy atom. The van der Waals surface area contributed by atoms with Crippen LogP contribution in [0.5, 0.6) is 0 Å². The summed E-state index contributed by atoms with van der Waals surface area (Å²) >= 11 is 0. The second kappa shape index (κ2) is 5.28. The lowest BCUT2D eigenvalue weighted by atomic mass is 10.2. The summed E-state index contributed by atoms with van der Waals surface area (Å²) in [6.45, 7) is 0. The van der Waals surface area contributed by atoms with E-state index in [0.29, 0.717) is 18.2 Å². The van der Waals surface area contributed by atoms with E-state index in [2.05, 4.69) is 5.32 Å². The smallest absolute Gasteiger partial charge is 0.255 e. The van der Waals surface area contributed by atoms with Gasteiger partial charge in [0.05, 0.1) is 0 Å². The Balaban J connectivity index is 2.26. The van der Waals surface area contributed by atoms with E-state index in [9.17, 15) is 26.7 Å². The number of rotatable bonds is 2. The van der Waals surface area contributed by atoms with Crippen molar-refractivity contribution in [3.05, 3.63) is 65.0 Å². The summed E-state index contributed by atoms with van der Waals surface area (Å²) < 4.78 is 64.2. The van der Waals surface area contributed by atoms with Gasteiger partial charge in [0.1, 0.15) is 0 Å². The highest BCUT2D eigenvalue weighted by molar-refractivity contribution is 6.04. The molecule has 0 fully saturated rings. The summed E-state index contributed by atoms with van der Waals surface area (Å²) in [7, 11) is 0. The second-order valence-electron chi connectivity index (χ2n) is 3.84. The van der Waals surface area contributed by atoms with E-state index in [4.69, 9.17) is 0 Å². The Morgan fingerprint density at radius 3 is 1.95 bits per heavy atom. The van der Waals surface area contributed by atoms with E-state index >= 15 is 0 Å². The molecule has 0 aromatic heterocycles. The van der Waals surface area contributed by atoms with Gasteiger partial charge in [0.2, 0.25) is 0 Å². The standard InChI is InChI=1S/C13H6F5NO/c14-8-2-1-7(5-9(8)15)19-13(20)6-3-10(16)12(18)11(17)4-6/h1-5H,(H,19,20). The fraction of sp³-hybridized carbons (Fsp3) is 0. The fourth-order valence-electron chi connectivity index (χ4n) is 1.46. The monoisotopic (exact) mass is 287 g/mol. The summed E-state index contributed by atoms with van der Waals surface area (Å²) in [5, 5.41) is 2.10. The maximum absolute atomic E-state index is 13.0. The minimum Gasteiger partial charge on any atom is -0.322 e. The topological polar surface area (TPSA) is 29.1 Å². The van der Waals surface area contributed by atoms with Crippen LogP contribution in [0.4, 0.5) is 27.6 Å². The van der Waals surface area contributed by atoms with Gasteiger partial charge in [-0.05, 0) is 24.3 Å². The lowest BCUT2D eigenvalue weighted by molar-refractivity contribution is 0.102. The number of carbonyl (C=O) groups excluding carboxylic acids is 1. The van der Waals surface area contributed by atoms with Gasteiger partial charge in [-0.15, -0.1) is 0 Å². The van der Waals surface area contributed by atoms with Crippen molar-refractivity contribution in [3.63, 3.8) is 0 Å². The van der Waals surface area contributed by atoms with Gasteiger partial charge in [0.25, 0.3) is 5.91 Å². The zero-order chi connectivity index (χ0) is 14.9. The van der Waals surface area contributed by atoms with Crippen molar-refractivity contribution in [2.45, 2.75) is 0 Å². The van der Waals surface area contributed by atoms with E-state index in [1.165, 1.54) is 0 Å². The van der Waals surface area contributed by atoms with Crippen molar-refractivity contribution < 1.29 is 26.7 Å². The number of carbonyl (C=O) groups is 1. The number of benzene rings is 2. The number of nitrogens with one attached hydrogen (secondary N) is 1. The molecule has 2 nitrogen and oxygen atoms in total. The molecule has 0 saturated carbocycles. The molecule has 2 rings (SSSR count). The average molecular weight is 287 g/mol. The third-order valence-electron chi connectivity index (χ3n) is 2.42. The molecule has 0 aliphatic carbocycles. The summed E-state index contributed by atoms with van der Waals surface area (Å²) in [5.74, 6) is -8.05. The third-order valence-corrected chi connectivity index (χ3v) is 2.42. The summed E-state index contributed by atoms with van der Waals surface area (Å²) in [6, 6.07) is 3.52. The Labute approximate surface area is 109 Å². The zero-order valence-corrected chi connectivity index (χ0v) is 9.68. The van der Waals surface area contributed by atoms with E-state index < -0.39 is 40.6 Å². The maximum Gasteiger partial charge on any atom is 0.255 e. The molecule has 20 heavy (non-hydrogen) atoms. The average Bonchev–Trinajstić information content (AvgIpc) is 2.39. The first-order valence-electron chi connectivity index (χ1n) is 5.29. The van der Waals surface area contributed by atoms with Gasteiger partial charge < -0.3 is 5.32 Å². The van der Waals surface area contributed by atoms with Crippen LogP contribution in [-0.4, -0.2) is 5.91 Å².